The third-order valence-electron chi connectivity index (χ3n) is 1.90. The third kappa shape index (κ3) is 6.19. The summed E-state index contributed by atoms with van der Waals surface area (Å²) < 4.78 is 5.08. The molecule has 0 radical (unpaired) electrons. The zero-order chi connectivity index (χ0) is 14.3. The van der Waals surface area contributed by atoms with Crippen molar-refractivity contribution >= 4 is 18.3 Å². The molecule has 2 amide bonds. The second kappa shape index (κ2) is 6.95. The molecule has 0 aromatic rings. The minimum Gasteiger partial charge on any atom is -0.444 e. The van der Waals surface area contributed by atoms with Crippen LogP contribution >= 0.6 is 0 Å². The van der Waals surface area contributed by atoms with Gasteiger partial charge in [-0.3, -0.25) is 14.5 Å². The standard InChI is InChI=1S/C11H20N2O5/c1-11(2,3)18-10(16)13(6-7-14)8-9(15)12(4)17-5/h7H,6,8H2,1-5H3. The first-order chi connectivity index (χ1) is 8.21. The Morgan fingerprint density at radius 3 is 2.22 bits per heavy atom. The van der Waals surface area contributed by atoms with E-state index in [-0.39, 0.29) is 13.1 Å². The van der Waals surface area contributed by atoms with Crippen LogP contribution in [0.4, 0.5) is 4.79 Å². The summed E-state index contributed by atoms with van der Waals surface area (Å²) >= 11 is 0. The number of aldehydes is 1. The summed E-state index contributed by atoms with van der Waals surface area (Å²) in [6.07, 6.45) is -0.184. The average molecular weight is 260 g/mol. The minimum atomic E-state index is -0.715. The summed E-state index contributed by atoms with van der Waals surface area (Å²) in [6, 6.07) is 0. The molecule has 0 N–H and O–H groups in total. The Balaban J connectivity index is 4.61. The SMILES string of the molecule is CON(C)C(=O)CN(CC=O)C(=O)OC(C)(C)C. The molecule has 0 aromatic carbocycles. The van der Waals surface area contributed by atoms with Gasteiger partial charge in [0.05, 0.1) is 13.7 Å². The van der Waals surface area contributed by atoms with Crippen molar-refractivity contribution in [1.29, 1.82) is 0 Å². The third-order valence-corrected chi connectivity index (χ3v) is 1.90. The van der Waals surface area contributed by atoms with Crippen molar-refractivity contribution in [2.45, 2.75) is 26.4 Å². The molecule has 0 spiro atoms. The van der Waals surface area contributed by atoms with Gasteiger partial charge < -0.3 is 9.53 Å². The zero-order valence-corrected chi connectivity index (χ0v) is 11.4. The monoisotopic (exact) mass is 260 g/mol. The van der Waals surface area contributed by atoms with Crippen LogP contribution in [0.3, 0.4) is 0 Å². The Bertz CT molecular complexity index is 311. The first kappa shape index (κ1) is 16.4. The average Bonchev–Trinajstić information content (AvgIpc) is 2.24. The fraction of sp³-hybridized carbons (Fsp3) is 0.727. The normalized spacial score (nSPS) is 10.7. The van der Waals surface area contributed by atoms with Gasteiger partial charge in [-0.1, -0.05) is 0 Å². The van der Waals surface area contributed by atoms with E-state index < -0.39 is 17.6 Å². The van der Waals surface area contributed by atoms with Gasteiger partial charge in [-0.25, -0.2) is 9.86 Å². The Morgan fingerprint density at radius 1 is 1.28 bits per heavy atom. The summed E-state index contributed by atoms with van der Waals surface area (Å²) in [4.78, 5) is 39.5. The van der Waals surface area contributed by atoms with Crippen LogP contribution in [0, 0.1) is 0 Å². The molecule has 0 aliphatic rings. The number of likely N-dealkylation sites (N-methyl/N-ethyl adjacent to an activating group) is 1. The first-order valence-corrected chi connectivity index (χ1v) is 5.43. The van der Waals surface area contributed by atoms with E-state index in [1.165, 1.54) is 14.2 Å². The largest absolute Gasteiger partial charge is 0.444 e. The van der Waals surface area contributed by atoms with Crippen molar-refractivity contribution in [2.75, 3.05) is 27.2 Å². The Labute approximate surface area is 107 Å². The Kier molecular flexibility index (Phi) is 6.32. The summed E-state index contributed by atoms with van der Waals surface area (Å²) in [6.45, 7) is 4.61. The molecule has 0 aliphatic heterocycles. The maximum Gasteiger partial charge on any atom is 0.411 e. The number of hydrogen-bond donors (Lipinski definition) is 0. The van der Waals surface area contributed by atoms with Crippen LogP contribution in [0.2, 0.25) is 0 Å². The fourth-order valence-electron chi connectivity index (χ4n) is 0.985. The highest BCUT2D eigenvalue weighted by atomic mass is 16.7. The molecule has 18 heavy (non-hydrogen) atoms. The number of rotatable bonds is 5. The van der Waals surface area contributed by atoms with E-state index in [1.54, 1.807) is 20.8 Å². The van der Waals surface area contributed by atoms with Crippen LogP contribution in [0.15, 0.2) is 0 Å². The molecule has 0 unspecified atom stereocenters. The Hall–Kier alpha value is -1.63. The zero-order valence-electron chi connectivity index (χ0n) is 11.4. The van der Waals surface area contributed by atoms with Gasteiger partial charge in [-0.15, -0.1) is 0 Å². The molecule has 104 valence electrons. The number of ether oxygens (including phenoxy) is 1. The molecule has 0 atom stereocenters. The number of carbonyl (C=O) groups excluding carboxylic acids is 3. The number of nitrogens with zero attached hydrogens (tertiary/aromatic N) is 2. The second-order valence-electron chi connectivity index (χ2n) is 4.60. The van der Waals surface area contributed by atoms with E-state index >= 15 is 0 Å². The van der Waals surface area contributed by atoms with Crippen molar-refractivity contribution in [2.24, 2.45) is 0 Å². The molecule has 0 heterocycles. The number of hydrogen-bond acceptors (Lipinski definition) is 5. The van der Waals surface area contributed by atoms with Crippen LogP contribution in [0.1, 0.15) is 20.8 Å². The van der Waals surface area contributed by atoms with Crippen LogP contribution in [0.5, 0.6) is 0 Å². The van der Waals surface area contributed by atoms with Crippen LogP contribution in [-0.4, -0.2) is 61.1 Å². The lowest BCUT2D eigenvalue weighted by Gasteiger charge is -2.26. The molecule has 0 aliphatic carbocycles. The fourth-order valence-corrected chi connectivity index (χ4v) is 0.985. The molecule has 0 fully saturated rings. The lowest BCUT2D eigenvalue weighted by atomic mass is 10.2. The molecular weight excluding hydrogens is 240 g/mol. The minimum absolute atomic E-state index is 0.210. The maximum absolute atomic E-state index is 11.7. The summed E-state index contributed by atoms with van der Waals surface area (Å²) in [5, 5.41) is 0.974. The Morgan fingerprint density at radius 2 is 1.83 bits per heavy atom. The van der Waals surface area contributed by atoms with Crippen molar-refractivity contribution in [3.63, 3.8) is 0 Å². The summed E-state index contributed by atoms with van der Waals surface area (Å²) in [5.74, 6) is -0.454. The van der Waals surface area contributed by atoms with Gasteiger partial charge in [-0.2, -0.15) is 0 Å². The molecule has 0 saturated heterocycles. The highest BCUT2D eigenvalue weighted by Crippen LogP contribution is 2.09. The molecule has 0 rings (SSSR count). The van der Waals surface area contributed by atoms with Crippen molar-refractivity contribution in [3.05, 3.63) is 0 Å². The number of amides is 2. The lowest BCUT2D eigenvalue weighted by Crippen LogP contribution is -2.44. The number of carbonyl (C=O) groups is 3. The predicted molar refractivity (Wildman–Crippen MR) is 63.7 cm³/mol. The topological polar surface area (TPSA) is 76.2 Å². The van der Waals surface area contributed by atoms with Gasteiger partial charge in [0.2, 0.25) is 0 Å². The molecule has 7 nitrogen and oxygen atoms in total. The van der Waals surface area contributed by atoms with Gasteiger partial charge in [0.1, 0.15) is 18.4 Å². The summed E-state index contributed by atoms with van der Waals surface area (Å²) in [7, 11) is 2.74. The van der Waals surface area contributed by atoms with Gasteiger partial charge in [0.25, 0.3) is 5.91 Å². The lowest BCUT2D eigenvalue weighted by molar-refractivity contribution is -0.169. The van der Waals surface area contributed by atoms with Crippen LogP contribution in [0.25, 0.3) is 0 Å². The van der Waals surface area contributed by atoms with E-state index in [9.17, 15) is 14.4 Å². The molecule has 0 bridgehead atoms. The van der Waals surface area contributed by atoms with Crippen LogP contribution < -0.4 is 0 Å². The quantitative estimate of drug-likeness (QED) is 0.529. The van der Waals surface area contributed by atoms with E-state index in [1.807, 2.05) is 0 Å². The first-order valence-electron chi connectivity index (χ1n) is 5.43. The van der Waals surface area contributed by atoms with Crippen LogP contribution in [-0.2, 0) is 19.2 Å². The van der Waals surface area contributed by atoms with Gasteiger partial charge in [-0.05, 0) is 20.8 Å². The predicted octanol–water partition coefficient (Wildman–Crippen LogP) is 0.442. The highest BCUT2D eigenvalue weighted by molar-refractivity contribution is 5.82. The highest BCUT2D eigenvalue weighted by Gasteiger charge is 2.24. The smallest absolute Gasteiger partial charge is 0.411 e. The van der Waals surface area contributed by atoms with E-state index in [2.05, 4.69) is 4.84 Å². The molecule has 7 heteroatoms. The summed E-state index contributed by atoms with van der Waals surface area (Å²) in [5.41, 5.74) is -0.686. The molecule has 0 aromatic heterocycles. The van der Waals surface area contributed by atoms with Crippen molar-refractivity contribution in [3.8, 4) is 0 Å². The van der Waals surface area contributed by atoms with Crippen molar-refractivity contribution in [1.82, 2.24) is 9.96 Å². The van der Waals surface area contributed by atoms with Gasteiger partial charge in [0.15, 0.2) is 0 Å². The van der Waals surface area contributed by atoms with E-state index in [0.29, 0.717) is 6.29 Å². The van der Waals surface area contributed by atoms with E-state index in [4.69, 9.17) is 4.74 Å². The maximum atomic E-state index is 11.7. The molecule has 0 saturated carbocycles. The van der Waals surface area contributed by atoms with E-state index in [0.717, 1.165) is 9.96 Å². The number of hydroxylamine groups is 2. The second-order valence-corrected chi connectivity index (χ2v) is 4.60. The van der Waals surface area contributed by atoms with Gasteiger partial charge in [0, 0.05) is 7.05 Å². The van der Waals surface area contributed by atoms with Gasteiger partial charge >= 0.3 is 6.09 Å². The molecular formula is C11H20N2O5. The van der Waals surface area contributed by atoms with Crippen molar-refractivity contribution < 1.29 is 24.0 Å².